The van der Waals surface area contributed by atoms with E-state index in [0.717, 1.165) is 16.7 Å². The Morgan fingerprint density at radius 3 is 2.34 bits per heavy atom. The number of likely N-dealkylation sites (N-methyl/N-ethyl adjacent to an activating group) is 1. The lowest BCUT2D eigenvalue weighted by molar-refractivity contribution is -0.313. The number of aliphatic hydroxyl groups is 2. The fourth-order valence-electron chi connectivity index (χ4n) is 10.3. The zero-order valence-corrected chi connectivity index (χ0v) is 37.3. The lowest BCUT2D eigenvalue weighted by atomic mass is 9.75. The van der Waals surface area contributed by atoms with Crippen molar-refractivity contribution in [1.29, 1.82) is 0 Å². The van der Waals surface area contributed by atoms with Crippen molar-refractivity contribution in [2.75, 3.05) is 27.7 Å². The van der Waals surface area contributed by atoms with Gasteiger partial charge in [-0.15, -0.1) is 10.2 Å². The molecule has 2 N–H and O–H groups in total. The van der Waals surface area contributed by atoms with Gasteiger partial charge in [-0.05, 0) is 66.3 Å². The van der Waals surface area contributed by atoms with Crippen LogP contribution in [0.3, 0.4) is 0 Å². The molecule has 2 aromatic heterocycles. The standard InChI is InChI=1S/C43H62N8O11/c1-22-19-42(7,58-10)37(61-40-35(55)31(48(8)9)34(54)27(6)59-40)24(3)33(53)25(4)39(56)60-38-26(5)43(38)36(23(2)32(22)52)50(41(57)62-43)18-14-13-17-49-20-28(44-46-49)21-51-30-16-12-11-15-29(30)45-47-51/h11-12,15-16,20,22-27,31,34-38,40,54-55H,13-14,17-19,21H2,1-10H3/t22?,23-,24?,25?,26-,27?,31?,34?,35?,36+,37+,38?,40?,42-,43?/m0/s1. The van der Waals surface area contributed by atoms with E-state index in [2.05, 4.69) is 20.6 Å². The molecular weight excluding hydrogens is 805 g/mol. The average molecular weight is 867 g/mol. The number of fused-ring (bicyclic) bond motifs is 1. The molecule has 3 aromatic rings. The minimum atomic E-state index is -1.34. The van der Waals surface area contributed by atoms with Crippen molar-refractivity contribution in [2.45, 2.75) is 141 Å². The fourth-order valence-corrected chi connectivity index (χ4v) is 10.3. The second-order valence-corrected chi connectivity index (χ2v) is 18.3. The summed E-state index contributed by atoms with van der Waals surface area (Å²) >= 11 is 0. The van der Waals surface area contributed by atoms with Crippen molar-refractivity contribution in [3.8, 4) is 0 Å². The predicted molar refractivity (Wildman–Crippen MR) is 220 cm³/mol. The normalized spacial score (nSPS) is 38.1. The Morgan fingerprint density at radius 1 is 0.919 bits per heavy atom. The number of aryl methyl sites for hydroxylation is 1. The lowest BCUT2D eigenvalue weighted by Crippen LogP contribution is -2.64. The maximum atomic E-state index is 14.7. The van der Waals surface area contributed by atoms with Crippen LogP contribution >= 0.6 is 0 Å². The van der Waals surface area contributed by atoms with Gasteiger partial charge in [-0.2, -0.15) is 0 Å². The van der Waals surface area contributed by atoms with E-state index in [4.69, 9.17) is 23.7 Å². The molecule has 4 fully saturated rings. The molecule has 1 saturated carbocycles. The summed E-state index contributed by atoms with van der Waals surface area (Å²) < 4.78 is 34.4. The van der Waals surface area contributed by atoms with E-state index in [1.54, 1.807) is 67.9 Å². The number of carbonyl (C=O) groups excluding carboxylic acids is 4. The molecule has 1 aliphatic carbocycles. The van der Waals surface area contributed by atoms with E-state index in [1.807, 2.05) is 37.4 Å². The minimum Gasteiger partial charge on any atom is -0.457 e. The third-order valence-electron chi connectivity index (χ3n) is 14.0. The van der Waals surface area contributed by atoms with Gasteiger partial charge in [-0.25, -0.2) is 9.48 Å². The third kappa shape index (κ3) is 8.15. The molecule has 0 radical (unpaired) electrons. The first-order chi connectivity index (χ1) is 29.3. The highest BCUT2D eigenvalue weighted by Crippen LogP contribution is 2.59. The predicted octanol–water partition coefficient (Wildman–Crippen LogP) is 2.25. The van der Waals surface area contributed by atoms with Crippen LogP contribution in [0.15, 0.2) is 30.5 Å². The van der Waals surface area contributed by atoms with Crippen molar-refractivity contribution in [2.24, 2.45) is 29.6 Å². The summed E-state index contributed by atoms with van der Waals surface area (Å²) in [6, 6.07) is 6.14. The number of unbranched alkanes of at least 4 members (excludes halogenated alkanes) is 1. The van der Waals surface area contributed by atoms with Crippen LogP contribution in [0.25, 0.3) is 11.0 Å². The average Bonchev–Trinajstić information content (AvgIpc) is 3.68. The lowest BCUT2D eigenvalue weighted by Gasteiger charge is -2.48. The van der Waals surface area contributed by atoms with Crippen molar-refractivity contribution < 1.29 is 53.1 Å². The molecule has 10 unspecified atom stereocenters. The number of ether oxygens (including phenoxy) is 5. The van der Waals surface area contributed by atoms with Gasteiger partial charge in [-0.3, -0.25) is 19.1 Å². The van der Waals surface area contributed by atoms with Crippen LogP contribution in [0.5, 0.6) is 0 Å². The van der Waals surface area contributed by atoms with Crippen molar-refractivity contribution in [3.05, 3.63) is 36.2 Å². The summed E-state index contributed by atoms with van der Waals surface area (Å²) in [5.74, 6) is -5.66. The van der Waals surface area contributed by atoms with Gasteiger partial charge >= 0.3 is 12.1 Å². The maximum Gasteiger partial charge on any atom is 0.410 e. The number of hydrogen-bond donors (Lipinski definition) is 2. The van der Waals surface area contributed by atoms with Crippen LogP contribution in [0.1, 0.15) is 73.4 Å². The van der Waals surface area contributed by atoms with Crippen LogP contribution < -0.4 is 0 Å². The number of aromatic nitrogens is 6. The molecule has 0 bridgehead atoms. The molecule has 3 aliphatic heterocycles. The van der Waals surface area contributed by atoms with Gasteiger partial charge in [-0.1, -0.05) is 50.3 Å². The number of ketones is 2. The Kier molecular flexibility index (Phi) is 13.0. The van der Waals surface area contributed by atoms with Crippen molar-refractivity contribution >= 4 is 34.7 Å². The number of Topliss-reactive ketones (excluding diaryl/α,β-unsaturated/α-hetero) is 2. The highest BCUT2D eigenvalue weighted by Gasteiger charge is 2.78. The highest BCUT2D eigenvalue weighted by molar-refractivity contribution is 6.00. The molecule has 3 saturated heterocycles. The molecule has 5 heterocycles. The zero-order chi connectivity index (χ0) is 45.0. The van der Waals surface area contributed by atoms with Gasteiger partial charge in [0.1, 0.15) is 29.0 Å². The first-order valence-corrected chi connectivity index (χ1v) is 21.7. The fraction of sp³-hybridized carbons (Fsp3) is 0.721. The van der Waals surface area contributed by atoms with E-state index in [0.29, 0.717) is 25.9 Å². The maximum absolute atomic E-state index is 14.7. The van der Waals surface area contributed by atoms with Gasteiger partial charge in [0.2, 0.25) is 0 Å². The Bertz CT molecular complexity index is 2130. The molecule has 1 spiro atoms. The second kappa shape index (κ2) is 17.6. The second-order valence-electron chi connectivity index (χ2n) is 18.3. The summed E-state index contributed by atoms with van der Waals surface area (Å²) in [4.78, 5) is 60.0. The van der Waals surface area contributed by atoms with Gasteiger partial charge in [0.15, 0.2) is 23.8 Å². The molecule has 62 heavy (non-hydrogen) atoms. The van der Waals surface area contributed by atoms with E-state index < -0.39 is 108 Å². The van der Waals surface area contributed by atoms with Crippen LogP contribution in [0, 0.1) is 29.6 Å². The van der Waals surface area contributed by atoms with E-state index in [-0.39, 0.29) is 18.7 Å². The van der Waals surface area contributed by atoms with Gasteiger partial charge in [0, 0.05) is 43.9 Å². The largest absolute Gasteiger partial charge is 0.457 e. The summed E-state index contributed by atoms with van der Waals surface area (Å²) in [6.07, 6.45) is -3.92. The van der Waals surface area contributed by atoms with Gasteiger partial charge < -0.3 is 43.7 Å². The molecular formula is C43H62N8O11. The van der Waals surface area contributed by atoms with Gasteiger partial charge in [0.05, 0.1) is 54.3 Å². The number of nitrogens with zero attached hydrogens (tertiary/aromatic N) is 8. The van der Waals surface area contributed by atoms with E-state index in [9.17, 15) is 29.4 Å². The van der Waals surface area contributed by atoms with Crippen LogP contribution in [-0.4, -0.2) is 161 Å². The molecule has 1 aromatic carbocycles. The van der Waals surface area contributed by atoms with Crippen LogP contribution in [-0.2, 0) is 51.2 Å². The summed E-state index contributed by atoms with van der Waals surface area (Å²) in [6.45, 7) is 13.0. The zero-order valence-electron chi connectivity index (χ0n) is 37.3. The molecule has 7 rings (SSSR count). The van der Waals surface area contributed by atoms with Crippen LogP contribution in [0.4, 0.5) is 4.79 Å². The monoisotopic (exact) mass is 866 g/mol. The van der Waals surface area contributed by atoms with Crippen LogP contribution in [0.2, 0.25) is 0 Å². The number of esters is 1. The molecule has 1 amide bonds. The molecule has 4 aliphatic rings. The first kappa shape index (κ1) is 45.6. The smallest absolute Gasteiger partial charge is 0.410 e. The van der Waals surface area contributed by atoms with Gasteiger partial charge in [0.25, 0.3) is 0 Å². The number of rotatable bonds is 11. The number of para-hydroxylation sites is 1. The summed E-state index contributed by atoms with van der Waals surface area (Å²) in [5, 5.41) is 39.4. The number of aliphatic hydroxyl groups excluding tert-OH is 2. The Balaban J connectivity index is 1.10. The molecule has 19 heteroatoms. The van der Waals surface area contributed by atoms with Crippen molar-refractivity contribution in [1.82, 2.24) is 39.8 Å². The first-order valence-electron chi connectivity index (χ1n) is 21.7. The minimum absolute atomic E-state index is 0.0758. The Hall–Kier alpha value is -4.40. The third-order valence-corrected chi connectivity index (χ3v) is 14.0. The van der Waals surface area contributed by atoms with Crippen molar-refractivity contribution in [3.63, 3.8) is 0 Å². The Labute approximate surface area is 361 Å². The quantitative estimate of drug-likeness (QED) is 0.160. The molecule has 340 valence electrons. The number of benzene rings is 1. The number of amides is 1. The van der Waals surface area contributed by atoms with E-state index >= 15 is 0 Å². The molecule has 19 nitrogen and oxygen atoms in total. The number of methoxy groups -OCH3 is 1. The number of hydrogen-bond acceptors (Lipinski definition) is 16. The molecule has 15 atom stereocenters. The summed E-state index contributed by atoms with van der Waals surface area (Å²) in [5.41, 5.74) is -0.230. The summed E-state index contributed by atoms with van der Waals surface area (Å²) in [7, 11) is 4.90. The highest BCUT2D eigenvalue weighted by atomic mass is 16.7. The number of carbonyl (C=O) groups is 4. The Morgan fingerprint density at radius 2 is 1.63 bits per heavy atom. The van der Waals surface area contributed by atoms with E-state index in [1.165, 1.54) is 14.0 Å². The topological polar surface area (TPSA) is 223 Å². The SMILES string of the molecule is CO[C@@]1(C)CC(C)C(=O)[C@H](C)[C@H]2N(CCCCn3cc(Cn4nnc5ccccc54)nn3)C(=O)OC23C(OC(=O)C(C)C(=O)C(C)[C@H]1OC1OC(C)C(O)C(N(C)C)C1O)[C@@H]3C.